The number of methoxy groups -OCH3 is 1. The Hall–Kier alpha value is -0.503. The van der Waals surface area contributed by atoms with Crippen LogP contribution in [0.25, 0.3) is 0 Å². The highest BCUT2D eigenvalue weighted by molar-refractivity contribution is 6.65. The van der Waals surface area contributed by atoms with E-state index in [4.69, 9.17) is 4.74 Å². The maximum Gasteiger partial charge on any atom is 0.113 e. The maximum atomic E-state index is 5.21. The van der Waals surface area contributed by atoms with Crippen molar-refractivity contribution >= 4 is 8.80 Å². The summed E-state index contributed by atoms with van der Waals surface area (Å²) in [6, 6.07) is 0. The van der Waals surface area contributed by atoms with Gasteiger partial charge in [0.2, 0.25) is 0 Å². The Labute approximate surface area is 64.0 Å². The summed E-state index contributed by atoms with van der Waals surface area (Å²) in [6.45, 7) is 4.65. The monoisotopic (exact) mass is 154 g/mol. The Morgan fingerprint density at radius 3 is 2.50 bits per heavy atom. The second kappa shape index (κ2) is 3.06. The predicted octanol–water partition coefficient (Wildman–Crippen LogP) is 1.87. The number of rotatable bonds is 2. The molecule has 2 heteroatoms. The topological polar surface area (TPSA) is 9.23 Å². The number of allylic oxidation sites excluding steroid dienone is 3. The highest BCUT2D eigenvalue weighted by Crippen LogP contribution is 2.21. The fourth-order valence-electron chi connectivity index (χ4n) is 1.23. The van der Waals surface area contributed by atoms with Crippen molar-refractivity contribution in [2.75, 3.05) is 7.11 Å². The lowest BCUT2D eigenvalue weighted by molar-refractivity contribution is 0.305. The van der Waals surface area contributed by atoms with Crippen LogP contribution in [0.1, 0.15) is 6.42 Å². The highest BCUT2D eigenvalue weighted by Gasteiger charge is 2.13. The fourth-order valence-corrected chi connectivity index (χ4v) is 2.65. The zero-order valence-electron chi connectivity index (χ0n) is 6.85. The molecule has 0 saturated heterocycles. The average molecular weight is 154 g/mol. The van der Waals surface area contributed by atoms with Crippen LogP contribution in [0, 0.1) is 0 Å². The van der Waals surface area contributed by atoms with E-state index < -0.39 is 8.80 Å². The summed E-state index contributed by atoms with van der Waals surface area (Å²) >= 11 is 0. The first-order chi connectivity index (χ1) is 4.75. The zero-order chi connectivity index (χ0) is 7.56. The number of hydrogen-bond donors (Lipinski definition) is 0. The van der Waals surface area contributed by atoms with Crippen molar-refractivity contribution in [2.24, 2.45) is 0 Å². The van der Waals surface area contributed by atoms with Crippen LogP contribution < -0.4 is 0 Å². The van der Waals surface area contributed by atoms with E-state index in [0.29, 0.717) is 0 Å². The average Bonchev–Trinajstić information content (AvgIpc) is 2.33. The summed E-state index contributed by atoms with van der Waals surface area (Å²) < 4.78 is 5.21. The minimum absolute atomic E-state index is 0.631. The molecule has 0 aromatic carbocycles. The minimum Gasteiger partial charge on any atom is -0.497 e. The van der Waals surface area contributed by atoms with Gasteiger partial charge < -0.3 is 4.74 Å². The Morgan fingerprint density at radius 2 is 2.10 bits per heavy atom. The highest BCUT2D eigenvalue weighted by atomic mass is 28.3. The lowest BCUT2D eigenvalue weighted by Crippen LogP contribution is -2.07. The molecule has 0 amide bonds. The molecule has 1 rings (SSSR count). The molecule has 0 heterocycles. The Balaban J connectivity index is 2.69. The van der Waals surface area contributed by atoms with Crippen molar-refractivity contribution in [2.45, 2.75) is 19.5 Å². The molecule has 10 heavy (non-hydrogen) atoms. The van der Waals surface area contributed by atoms with Crippen LogP contribution in [0.3, 0.4) is 0 Å². The first-order valence-electron chi connectivity index (χ1n) is 3.70. The molecule has 0 bridgehead atoms. The number of hydrogen-bond acceptors (Lipinski definition) is 1. The van der Waals surface area contributed by atoms with E-state index >= 15 is 0 Å². The van der Waals surface area contributed by atoms with E-state index in [9.17, 15) is 0 Å². The van der Waals surface area contributed by atoms with Crippen molar-refractivity contribution in [1.82, 2.24) is 0 Å². The third kappa shape index (κ3) is 1.32. The van der Waals surface area contributed by atoms with Crippen molar-refractivity contribution in [1.29, 1.82) is 0 Å². The summed E-state index contributed by atoms with van der Waals surface area (Å²) in [5.74, 6) is 1.13. The van der Waals surface area contributed by atoms with Gasteiger partial charge in [-0.1, -0.05) is 19.2 Å². The quantitative estimate of drug-likeness (QED) is 0.552. The molecule has 1 aliphatic carbocycles. The Kier molecular flexibility index (Phi) is 2.32. The molecule has 0 atom stereocenters. The van der Waals surface area contributed by atoms with Gasteiger partial charge in [-0.2, -0.15) is 0 Å². The first-order valence-corrected chi connectivity index (χ1v) is 6.59. The lowest BCUT2D eigenvalue weighted by Gasteiger charge is -2.08. The van der Waals surface area contributed by atoms with E-state index in [1.165, 1.54) is 5.20 Å². The molecular formula is C8H14OSi. The van der Waals surface area contributed by atoms with Gasteiger partial charge in [0.25, 0.3) is 0 Å². The van der Waals surface area contributed by atoms with Gasteiger partial charge in [0.05, 0.1) is 15.9 Å². The third-order valence-electron chi connectivity index (χ3n) is 1.77. The number of ether oxygens (including phenoxy) is 1. The van der Waals surface area contributed by atoms with Crippen molar-refractivity contribution in [3.8, 4) is 0 Å². The largest absolute Gasteiger partial charge is 0.497 e. The van der Waals surface area contributed by atoms with Crippen molar-refractivity contribution < 1.29 is 4.74 Å². The van der Waals surface area contributed by atoms with Crippen LogP contribution in [0.4, 0.5) is 0 Å². The van der Waals surface area contributed by atoms with Gasteiger partial charge in [-0.15, -0.1) is 0 Å². The normalized spacial score (nSPS) is 17.2. The second-order valence-corrected chi connectivity index (χ2v) is 5.75. The van der Waals surface area contributed by atoms with E-state index in [1.807, 2.05) is 0 Å². The van der Waals surface area contributed by atoms with Crippen LogP contribution in [-0.2, 0) is 4.74 Å². The van der Waals surface area contributed by atoms with Crippen LogP contribution in [0.5, 0.6) is 0 Å². The SMILES string of the molecule is COC1=CCC=C1[SiH](C)C. The first kappa shape index (κ1) is 7.60. The predicted molar refractivity (Wildman–Crippen MR) is 46.7 cm³/mol. The van der Waals surface area contributed by atoms with Gasteiger partial charge in [-0.3, -0.25) is 0 Å². The molecule has 1 nitrogen and oxygen atoms in total. The van der Waals surface area contributed by atoms with Gasteiger partial charge in [0.1, 0.15) is 5.76 Å². The molecule has 0 aromatic heterocycles. The van der Waals surface area contributed by atoms with Crippen LogP contribution in [-0.4, -0.2) is 15.9 Å². The Morgan fingerprint density at radius 1 is 1.40 bits per heavy atom. The second-order valence-electron chi connectivity index (χ2n) is 2.82. The van der Waals surface area contributed by atoms with Gasteiger partial charge in [0, 0.05) is 0 Å². The molecule has 0 saturated carbocycles. The molecule has 1 aliphatic rings. The summed E-state index contributed by atoms with van der Waals surface area (Å²) in [5, 5.41) is 1.49. The van der Waals surface area contributed by atoms with Crippen LogP contribution >= 0.6 is 0 Å². The van der Waals surface area contributed by atoms with E-state index in [-0.39, 0.29) is 0 Å². The maximum absolute atomic E-state index is 5.21. The van der Waals surface area contributed by atoms with E-state index in [1.54, 1.807) is 7.11 Å². The molecule has 0 unspecified atom stereocenters. The van der Waals surface area contributed by atoms with Gasteiger partial charge >= 0.3 is 0 Å². The molecule has 0 N–H and O–H groups in total. The van der Waals surface area contributed by atoms with Gasteiger partial charge in [-0.25, -0.2) is 0 Å². The summed E-state index contributed by atoms with van der Waals surface area (Å²) in [7, 11) is 1.12. The standard InChI is InChI=1S/C8H14OSi/c1-9-7-5-4-6-8(7)10(2)3/h5-6,10H,4H2,1-3H3. The molecular weight excluding hydrogens is 140 g/mol. The van der Waals surface area contributed by atoms with Gasteiger partial charge in [-0.05, 0) is 17.7 Å². The summed E-state index contributed by atoms with van der Waals surface area (Å²) in [6.07, 6.45) is 5.52. The van der Waals surface area contributed by atoms with E-state index in [0.717, 1.165) is 12.2 Å². The van der Waals surface area contributed by atoms with Crippen LogP contribution in [0.15, 0.2) is 23.1 Å². The zero-order valence-corrected chi connectivity index (χ0v) is 8.00. The molecule has 56 valence electrons. The van der Waals surface area contributed by atoms with Crippen molar-refractivity contribution in [3.63, 3.8) is 0 Å². The third-order valence-corrected chi connectivity index (χ3v) is 3.53. The molecule has 0 fully saturated rings. The van der Waals surface area contributed by atoms with Crippen LogP contribution in [0.2, 0.25) is 13.1 Å². The summed E-state index contributed by atoms with van der Waals surface area (Å²) in [5.41, 5.74) is 0. The fraction of sp³-hybridized carbons (Fsp3) is 0.500. The smallest absolute Gasteiger partial charge is 0.113 e. The Bertz CT molecular complexity index is 180. The van der Waals surface area contributed by atoms with E-state index in [2.05, 4.69) is 25.2 Å². The molecule has 0 spiro atoms. The molecule has 0 aromatic rings. The summed E-state index contributed by atoms with van der Waals surface area (Å²) in [4.78, 5) is 0. The molecule has 0 radical (unpaired) electrons. The molecule has 0 aliphatic heterocycles. The van der Waals surface area contributed by atoms with Gasteiger partial charge in [0.15, 0.2) is 0 Å². The lowest BCUT2D eigenvalue weighted by atomic mass is 10.5. The minimum atomic E-state index is -0.631. The van der Waals surface area contributed by atoms with Crippen molar-refractivity contribution in [3.05, 3.63) is 23.1 Å².